The molecule has 2 aromatic rings. The van der Waals surface area contributed by atoms with Crippen LogP contribution in [0.2, 0.25) is 0 Å². The quantitative estimate of drug-likeness (QED) is 0.822. The zero-order chi connectivity index (χ0) is 16.5. The molecule has 0 radical (unpaired) electrons. The van der Waals surface area contributed by atoms with Crippen LogP contribution in [-0.2, 0) is 6.18 Å². The Hall–Kier alpha value is -2.16. The summed E-state index contributed by atoms with van der Waals surface area (Å²) in [5.41, 5.74) is -2.50. The van der Waals surface area contributed by atoms with Gasteiger partial charge in [-0.25, -0.2) is 9.37 Å². The summed E-state index contributed by atoms with van der Waals surface area (Å²) in [6.45, 7) is 3.32. The van der Waals surface area contributed by atoms with E-state index in [0.29, 0.717) is 10.5 Å². The summed E-state index contributed by atoms with van der Waals surface area (Å²) < 4.78 is 53.1. The van der Waals surface area contributed by atoms with Gasteiger partial charge < -0.3 is 5.32 Å². The van der Waals surface area contributed by atoms with E-state index in [0.717, 1.165) is 16.8 Å². The first-order valence-corrected chi connectivity index (χ1v) is 6.57. The van der Waals surface area contributed by atoms with E-state index in [4.69, 9.17) is 0 Å². The maximum Gasteiger partial charge on any atom is 0.433 e. The molecule has 0 bridgehead atoms. The lowest BCUT2D eigenvalue weighted by Crippen LogP contribution is -2.23. The Morgan fingerprint density at radius 1 is 1.32 bits per heavy atom. The Morgan fingerprint density at radius 3 is 2.55 bits per heavy atom. The molecule has 0 aliphatic rings. The van der Waals surface area contributed by atoms with Gasteiger partial charge in [-0.05, 0) is 18.2 Å². The van der Waals surface area contributed by atoms with E-state index in [1.54, 1.807) is 0 Å². The van der Waals surface area contributed by atoms with Crippen LogP contribution in [-0.4, -0.2) is 9.55 Å². The van der Waals surface area contributed by atoms with Gasteiger partial charge in [-0.2, -0.15) is 13.2 Å². The summed E-state index contributed by atoms with van der Waals surface area (Å²) in [5.74, 6) is -1.22. The van der Waals surface area contributed by atoms with E-state index < -0.39 is 29.2 Å². The number of benzene rings is 1. The molecule has 22 heavy (non-hydrogen) atoms. The van der Waals surface area contributed by atoms with E-state index >= 15 is 0 Å². The summed E-state index contributed by atoms with van der Waals surface area (Å²) in [4.78, 5) is 15.0. The van der Waals surface area contributed by atoms with Gasteiger partial charge in [0.1, 0.15) is 5.82 Å². The van der Waals surface area contributed by atoms with Gasteiger partial charge in [-0.1, -0.05) is 22.5 Å². The first-order valence-electron chi connectivity index (χ1n) is 5.78. The number of rotatable bonds is 3. The standard InChI is InChI=1S/C13H8BrF4N3O/c1-2-21-11(22)6-10(13(16,17)18)20-12(21)19-9-4-3-7(14)5-8(9)15/h2-6H,1H2,(H,19,20). The van der Waals surface area contributed by atoms with Crippen molar-refractivity contribution < 1.29 is 17.6 Å². The van der Waals surface area contributed by atoms with Crippen LogP contribution < -0.4 is 10.9 Å². The minimum Gasteiger partial charge on any atom is -0.323 e. The lowest BCUT2D eigenvalue weighted by Gasteiger charge is -2.13. The van der Waals surface area contributed by atoms with Gasteiger partial charge in [0.05, 0.1) is 5.69 Å². The van der Waals surface area contributed by atoms with Crippen molar-refractivity contribution in [1.29, 1.82) is 0 Å². The van der Waals surface area contributed by atoms with Crippen molar-refractivity contribution in [3.63, 3.8) is 0 Å². The fourth-order valence-corrected chi connectivity index (χ4v) is 1.95. The molecule has 1 N–H and O–H groups in total. The van der Waals surface area contributed by atoms with Gasteiger partial charge in [0.2, 0.25) is 5.95 Å². The third-order valence-corrected chi connectivity index (χ3v) is 3.10. The van der Waals surface area contributed by atoms with E-state index in [1.807, 2.05) is 0 Å². The molecule has 0 saturated heterocycles. The maximum atomic E-state index is 13.8. The fraction of sp³-hybridized carbons (Fsp3) is 0.0769. The number of nitrogens with one attached hydrogen (secondary N) is 1. The SMILES string of the molecule is C=Cn1c(Nc2ccc(Br)cc2F)nc(C(F)(F)F)cc1=O. The summed E-state index contributed by atoms with van der Waals surface area (Å²) >= 11 is 3.06. The largest absolute Gasteiger partial charge is 0.433 e. The van der Waals surface area contributed by atoms with Gasteiger partial charge in [-0.15, -0.1) is 0 Å². The molecular formula is C13H8BrF4N3O. The minimum absolute atomic E-state index is 0.134. The number of hydrogen-bond acceptors (Lipinski definition) is 3. The highest BCUT2D eigenvalue weighted by Gasteiger charge is 2.34. The molecule has 2 rings (SSSR count). The Bertz CT molecular complexity index is 786. The Balaban J connectivity index is 2.55. The molecular weight excluding hydrogens is 370 g/mol. The molecule has 0 spiro atoms. The molecule has 0 aliphatic heterocycles. The second-order valence-electron chi connectivity index (χ2n) is 4.10. The highest BCUT2D eigenvalue weighted by atomic mass is 79.9. The van der Waals surface area contributed by atoms with Crippen LogP contribution >= 0.6 is 15.9 Å². The lowest BCUT2D eigenvalue weighted by atomic mass is 10.3. The zero-order valence-corrected chi connectivity index (χ0v) is 12.4. The molecule has 0 aliphatic carbocycles. The first-order chi connectivity index (χ1) is 10.2. The molecule has 0 fully saturated rings. The number of alkyl halides is 3. The summed E-state index contributed by atoms with van der Waals surface area (Å²) in [6, 6.07) is 4.23. The molecule has 0 unspecified atom stereocenters. The molecule has 0 atom stereocenters. The van der Waals surface area contributed by atoms with Crippen LogP contribution in [0.3, 0.4) is 0 Å². The van der Waals surface area contributed by atoms with Gasteiger partial charge in [-0.3, -0.25) is 9.36 Å². The van der Waals surface area contributed by atoms with Crippen molar-refractivity contribution in [3.8, 4) is 0 Å². The normalized spacial score (nSPS) is 11.3. The van der Waals surface area contributed by atoms with Gasteiger partial charge in [0.15, 0.2) is 5.69 Å². The number of nitrogens with zero attached hydrogens (tertiary/aromatic N) is 2. The van der Waals surface area contributed by atoms with E-state index in [9.17, 15) is 22.4 Å². The number of hydrogen-bond donors (Lipinski definition) is 1. The van der Waals surface area contributed by atoms with Crippen LogP contribution in [0.1, 0.15) is 5.69 Å². The number of halogens is 5. The topological polar surface area (TPSA) is 46.9 Å². The van der Waals surface area contributed by atoms with Gasteiger partial charge in [0.25, 0.3) is 5.56 Å². The maximum absolute atomic E-state index is 13.8. The fourth-order valence-electron chi connectivity index (χ4n) is 1.61. The molecule has 1 aromatic carbocycles. The molecule has 0 amide bonds. The lowest BCUT2D eigenvalue weighted by molar-refractivity contribution is -0.141. The van der Waals surface area contributed by atoms with Crippen molar-refractivity contribution in [2.24, 2.45) is 0 Å². The van der Waals surface area contributed by atoms with Crippen molar-refractivity contribution in [2.75, 3.05) is 5.32 Å². The average Bonchev–Trinajstić information content (AvgIpc) is 2.40. The average molecular weight is 378 g/mol. The zero-order valence-electron chi connectivity index (χ0n) is 10.8. The van der Waals surface area contributed by atoms with Crippen molar-refractivity contribution >= 4 is 33.8 Å². The van der Waals surface area contributed by atoms with E-state index in [-0.39, 0.29) is 5.69 Å². The van der Waals surface area contributed by atoms with E-state index in [1.165, 1.54) is 12.1 Å². The molecule has 0 saturated carbocycles. The molecule has 9 heteroatoms. The van der Waals surface area contributed by atoms with Crippen molar-refractivity contribution in [2.45, 2.75) is 6.18 Å². The summed E-state index contributed by atoms with van der Waals surface area (Å²) in [5, 5.41) is 2.36. The van der Waals surface area contributed by atoms with Gasteiger partial charge in [0, 0.05) is 16.7 Å². The highest BCUT2D eigenvalue weighted by Crippen LogP contribution is 2.28. The van der Waals surface area contributed by atoms with Gasteiger partial charge >= 0.3 is 6.18 Å². The molecule has 1 heterocycles. The van der Waals surface area contributed by atoms with Crippen molar-refractivity contribution in [3.05, 3.63) is 57.2 Å². The molecule has 116 valence electrons. The number of aromatic nitrogens is 2. The molecule has 1 aromatic heterocycles. The summed E-state index contributed by atoms with van der Waals surface area (Å²) in [7, 11) is 0. The predicted octanol–water partition coefficient (Wildman–Crippen LogP) is 4.01. The first kappa shape index (κ1) is 16.2. The minimum atomic E-state index is -4.80. The predicted molar refractivity (Wildman–Crippen MR) is 77.3 cm³/mol. The van der Waals surface area contributed by atoms with Crippen LogP contribution in [0, 0.1) is 5.82 Å². The van der Waals surface area contributed by atoms with Crippen LogP contribution in [0.25, 0.3) is 6.20 Å². The Kier molecular flexibility index (Phi) is 4.36. The molecule has 4 nitrogen and oxygen atoms in total. The summed E-state index contributed by atoms with van der Waals surface area (Å²) in [6.07, 6.45) is -3.82. The third kappa shape index (κ3) is 3.35. The van der Waals surface area contributed by atoms with E-state index in [2.05, 4.69) is 32.8 Å². The second kappa shape index (κ2) is 5.91. The van der Waals surface area contributed by atoms with Crippen LogP contribution in [0.15, 0.2) is 40.1 Å². The van der Waals surface area contributed by atoms with Crippen molar-refractivity contribution in [1.82, 2.24) is 9.55 Å². The van der Waals surface area contributed by atoms with Crippen LogP contribution in [0.4, 0.5) is 29.2 Å². The second-order valence-corrected chi connectivity index (χ2v) is 5.02. The third-order valence-electron chi connectivity index (χ3n) is 2.60. The number of anilines is 2. The van der Waals surface area contributed by atoms with Crippen LogP contribution in [0.5, 0.6) is 0 Å². The monoisotopic (exact) mass is 377 g/mol. The smallest absolute Gasteiger partial charge is 0.323 e. The Labute approximate surface area is 130 Å². The Morgan fingerprint density at radius 2 is 2.00 bits per heavy atom. The highest BCUT2D eigenvalue weighted by molar-refractivity contribution is 9.10.